The smallest absolute Gasteiger partial charge is 0.306 e. The monoisotopic (exact) mass is 239 g/mol. The lowest BCUT2D eigenvalue weighted by Crippen LogP contribution is -2.37. The van der Waals surface area contributed by atoms with Crippen molar-refractivity contribution in [3.8, 4) is 0 Å². The third-order valence-electron chi connectivity index (χ3n) is 3.21. The van der Waals surface area contributed by atoms with Gasteiger partial charge in [0.15, 0.2) is 0 Å². The van der Waals surface area contributed by atoms with Crippen molar-refractivity contribution in [2.75, 3.05) is 13.7 Å². The van der Waals surface area contributed by atoms with Crippen molar-refractivity contribution >= 4 is 5.97 Å². The van der Waals surface area contributed by atoms with Gasteiger partial charge in [0, 0.05) is 12.0 Å². The summed E-state index contributed by atoms with van der Waals surface area (Å²) in [6.45, 7) is 2.21. The Kier molecular flexibility index (Phi) is 4.63. The lowest BCUT2D eigenvalue weighted by atomic mass is 9.75. The van der Waals surface area contributed by atoms with Crippen molar-refractivity contribution in [1.29, 1.82) is 0 Å². The molecule has 2 N–H and O–H groups in total. The van der Waals surface area contributed by atoms with E-state index in [0.29, 0.717) is 6.42 Å². The summed E-state index contributed by atoms with van der Waals surface area (Å²) in [5.41, 5.74) is 5.97. The molecular weight excluding hydrogens is 221 g/mol. The van der Waals surface area contributed by atoms with E-state index in [1.807, 2.05) is 6.92 Å². The summed E-state index contributed by atoms with van der Waals surface area (Å²) in [6, 6.07) is 6.22. The third-order valence-corrected chi connectivity index (χ3v) is 3.21. The largest absolute Gasteiger partial charge is 0.469 e. The van der Waals surface area contributed by atoms with Crippen LogP contribution in [0.25, 0.3) is 0 Å². The van der Waals surface area contributed by atoms with E-state index in [0.717, 1.165) is 5.56 Å². The number of hydrogen-bond donors (Lipinski definition) is 1. The molecular formula is C13H18FNO2. The minimum Gasteiger partial charge on any atom is -0.469 e. The molecule has 0 fully saturated rings. The molecule has 1 atom stereocenters. The molecule has 0 aliphatic carbocycles. The van der Waals surface area contributed by atoms with Crippen molar-refractivity contribution in [3.05, 3.63) is 35.6 Å². The zero-order chi connectivity index (χ0) is 12.9. The first kappa shape index (κ1) is 13.6. The van der Waals surface area contributed by atoms with Gasteiger partial charge in [0.1, 0.15) is 5.82 Å². The maximum atomic E-state index is 13.2. The minimum absolute atomic E-state index is 0.167. The summed E-state index contributed by atoms with van der Waals surface area (Å²) in [6.07, 6.45) is 0.821. The number of esters is 1. The van der Waals surface area contributed by atoms with Crippen LogP contribution in [0.15, 0.2) is 24.3 Å². The molecule has 0 heterocycles. The third kappa shape index (κ3) is 3.03. The molecule has 0 bridgehead atoms. The lowest BCUT2D eigenvalue weighted by molar-refractivity contribution is -0.142. The van der Waals surface area contributed by atoms with Gasteiger partial charge in [0.25, 0.3) is 0 Å². The molecule has 0 aromatic heterocycles. The average molecular weight is 239 g/mol. The van der Waals surface area contributed by atoms with Gasteiger partial charge in [-0.1, -0.05) is 19.1 Å². The van der Waals surface area contributed by atoms with Gasteiger partial charge in [-0.15, -0.1) is 0 Å². The van der Waals surface area contributed by atoms with E-state index in [4.69, 9.17) is 5.73 Å². The predicted octanol–water partition coefficient (Wildman–Crippen LogP) is 2.00. The normalized spacial score (nSPS) is 14.1. The van der Waals surface area contributed by atoms with Crippen LogP contribution in [0, 0.1) is 5.82 Å². The molecule has 0 aliphatic heterocycles. The van der Waals surface area contributed by atoms with Gasteiger partial charge < -0.3 is 10.5 Å². The van der Waals surface area contributed by atoms with Crippen LogP contribution in [-0.4, -0.2) is 19.6 Å². The molecule has 1 unspecified atom stereocenters. The zero-order valence-corrected chi connectivity index (χ0v) is 10.2. The number of nitrogens with two attached hydrogens (primary N) is 1. The van der Waals surface area contributed by atoms with E-state index in [9.17, 15) is 9.18 Å². The maximum Gasteiger partial charge on any atom is 0.306 e. The summed E-state index contributed by atoms with van der Waals surface area (Å²) in [5.74, 6) is -0.653. The van der Waals surface area contributed by atoms with E-state index in [1.54, 1.807) is 12.1 Å². The predicted molar refractivity (Wildman–Crippen MR) is 64.1 cm³/mol. The number of hydrogen-bond acceptors (Lipinski definition) is 3. The Labute approximate surface area is 101 Å². The van der Waals surface area contributed by atoms with Crippen molar-refractivity contribution in [2.24, 2.45) is 5.73 Å². The summed E-state index contributed by atoms with van der Waals surface area (Å²) < 4.78 is 17.9. The highest BCUT2D eigenvalue weighted by molar-refractivity contribution is 5.71. The fourth-order valence-corrected chi connectivity index (χ4v) is 1.93. The second kappa shape index (κ2) is 5.77. The van der Waals surface area contributed by atoms with Crippen LogP contribution in [0.1, 0.15) is 25.3 Å². The molecule has 0 aliphatic rings. The van der Waals surface area contributed by atoms with E-state index >= 15 is 0 Å². The summed E-state index contributed by atoms with van der Waals surface area (Å²) in [7, 11) is 1.34. The van der Waals surface area contributed by atoms with E-state index in [1.165, 1.54) is 19.2 Å². The minimum atomic E-state index is -0.546. The molecule has 0 saturated heterocycles. The molecule has 3 nitrogen and oxygen atoms in total. The summed E-state index contributed by atoms with van der Waals surface area (Å²) in [4.78, 5) is 11.4. The first-order valence-corrected chi connectivity index (χ1v) is 5.61. The van der Waals surface area contributed by atoms with E-state index in [-0.39, 0.29) is 24.8 Å². The Hall–Kier alpha value is -1.42. The van der Waals surface area contributed by atoms with Gasteiger partial charge in [0.05, 0.1) is 13.5 Å². The lowest BCUT2D eigenvalue weighted by Gasteiger charge is -2.30. The average Bonchev–Trinajstić information content (AvgIpc) is 2.35. The van der Waals surface area contributed by atoms with Crippen LogP contribution in [0.3, 0.4) is 0 Å². The molecule has 1 aromatic rings. The number of carbonyl (C=O) groups excluding carboxylic acids is 1. The van der Waals surface area contributed by atoms with Gasteiger partial charge in [-0.3, -0.25) is 4.79 Å². The Bertz CT molecular complexity index is 389. The zero-order valence-electron chi connectivity index (χ0n) is 10.2. The molecule has 0 saturated carbocycles. The fourth-order valence-electron chi connectivity index (χ4n) is 1.93. The van der Waals surface area contributed by atoms with Gasteiger partial charge in [-0.05, 0) is 24.1 Å². The van der Waals surface area contributed by atoms with E-state index < -0.39 is 5.41 Å². The van der Waals surface area contributed by atoms with Crippen LogP contribution in [0.5, 0.6) is 0 Å². The van der Waals surface area contributed by atoms with Gasteiger partial charge in [0.2, 0.25) is 0 Å². The first-order valence-electron chi connectivity index (χ1n) is 5.61. The maximum absolute atomic E-state index is 13.2. The van der Waals surface area contributed by atoms with Crippen LogP contribution in [-0.2, 0) is 14.9 Å². The second-order valence-corrected chi connectivity index (χ2v) is 4.10. The van der Waals surface area contributed by atoms with Crippen molar-refractivity contribution in [3.63, 3.8) is 0 Å². The number of rotatable bonds is 5. The molecule has 17 heavy (non-hydrogen) atoms. The highest BCUT2D eigenvalue weighted by Crippen LogP contribution is 2.31. The van der Waals surface area contributed by atoms with Crippen molar-refractivity contribution < 1.29 is 13.9 Å². The molecule has 0 amide bonds. The number of ether oxygens (including phenoxy) is 1. The Balaban J connectivity index is 3.10. The number of carbonyl (C=O) groups is 1. The SMILES string of the molecule is CCC(CN)(CC(=O)OC)c1cccc(F)c1. The van der Waals surface area contributed by atoms with Crippen LogP contribution in [0.2, 0.25) is 0 Å². The molecule has 1 rings (SSSR count). The second-order valence-electron chi connectivity index (χ2n) is 4.10. The van der Waals surface area contributed by atoms with Crippen molar-refractivity contribution in [2.45, 2.75) is 25.2 Å². The topological polar surface area (TPSA) is 52.3 Å². The number of halogens is 1. The van der Waals surface area contributed by atoms with Crippen molar-refractivity contribution in [1.82, 2.24) is 0 Å². The molecule has 4 heteroatoms. The van der Waals surface area contributed by atoms with Crippen LogP contribution in [0.4, 0.5) is 4.39 Å². The Morgan fingerprint density at radius 1 is 1.53 bits per heavy atom. The quantitative estimate of drug-likeness (QED) is 0.799. The molecule has 0 spiro atoms. The van der Waals surface area contributed by atoms with E-state index in [2.05, 4.69) is 4.74 Å². The number of benzene rings is 1. The summed E-state index contributed by atoms with van der Waals surface area (Å²) >= 11 is 0. The first-order chi connectivity index (χ1) is 8.07. The van der Waals surface area contributed by atoms with Gasteiger partial charge in [-0.2, -0.15) is 0 Å². The molecule has 1 aromatic carbocycles. The Morgan fingerprint density at radius 2 is 2.24 bits per heavy atom. The fraction of sp³-hybridized carbons (Fsp3) is 0.462. The standard InChI is InChI=1S/C13H18FNO2/c1-3-13(9-15,8-12(16)17-2)10-5-4-6-11(14)7-10/h4-7H,3,8-9,15H2,1-2H3. The Morgan fingerprint density at radius 3 is 2.71 bits per heavy atom. The van der Waals surface area contributed by atoms with Gasteiger partial charge >= 0.3 is 5.97 Å². The van der Waals surface area contributed by atoms with Crippen LogP contribution < -0.4 is 5.73 Å². The summed E-state index contributed by atoms with van der Waals surface area (Å²) in [5, 5.41) is 0. The highest BCUT2D eigenvalue weighted by Gasteiger charge is 2.32. The molecule has 94 valence electrons. The number of methoxy groups -OCH3 is 1. The van der Waals surface area contributed by atoms with Crippen LogP contribution >= 0.6 is 0 Å². The van der Waals surface area contributed by atoms with Gasteiger partial charge in [-0.25, -0.2) is 4.39 Å². The molecule has 0 radical (unpaired) electrons. The highest BCUT2D eigenvalue weighted by atomic mass is 19.1.